The van der Waals surface area contributed by atoms with Gasteiger partial charge in [-0.25, -0.2) is 4.98 Å². The van der Waals surface area contributed by atoms with E-state index in [1.165, 1.54) is 12.3 Å². The molecule has 0 bridgehead atoms. The van der Waals surface area contributed by atoms with Gasteiger partial charge in [-0.15, -0.1) is 0 Å². The number of nitrogens with zero attached hydrogens (tertiary/aromatic N) is 1. The maximum atomic E-state index is 12.0. The van der Waals surface area contributed by atoms with E-state index in [1.807, 2.05) is 0 Å². The second kappa shape index (κ2) is 6.63. The van der Waals surface area contributed by atoms with Crippen molar-refractivity contribution in [3.63, 3.8) is 0 Å². The first-order valence-corrected chi connectivity index (χ1v) is 6.24. The van der Waals surface area contributed by atoms with Crippen molar-refractivity contribution in [1.29, 1.82) is 0 Å². The lowest BCUT2D eigenvalue weighted by molar-refractivity contribution is -0.154. The van der Waals surface area contributed by atoms with Gasteiger partial charge in [0.2, 0.25) is 5.88 Å². The zero-order valence-corrected chi connectivity index (χ0v) is 11.3. The summed E-state index contributed by atoms with van der Waals surface area (Å²) < 4.78 is 40.4. The van der Waals surface area contributed by atoms with Crippen LogP contribution in [-0.2, 0) is 0 Å². The number of halogens is 3. The fourth-order valence-corrected chi connectivity index (χ4v) is 1.66. The molecule has 0 fully saturated rings. The first-order chi connectivity index (χ1) is 8.81. The number of aromatic nitrogens is 1. The third kappa shape index (κ3) is 5.81. The summed E-state index contributed by atoms with van der Waals surface area (Å²) in [4.78, 5) is 3.84. The minimum Gasteiger partial charge on any atom is -0.468 e. The molecule has 6 heteroatoms. The van der Waals surface area contributed by atoms with Gasteiger partial charge in [0.15, 0.2) is 6.61 Å². The Morgan fingerprint density at radius 3 is 2.42 bits per heavy atom. The number of pyridine rings is 1. The maximum Gasteiger partial charge on any atom is 0.422 e. The van der Waals surface area contributed by atoms with Crippen molar-refractivity contribution in [2.45, 2.75) is 39.4 Å². The Kier molecular flexibility index (Phi) is 5.44. The molecule has 0 aliphatic carbocycles. The lowest BCUT2D eigenvalue weighted by Gasteiger charge is -2.21. The molecule has 1 atom stereocenters. The van der Waals surface area contributed by atoms with Crippen LogP contribution in [0.3, 0.4) is 0 Å². The second-order valence-corrected chi connectivity index (χ2v) is 4.69. The van der Waals surface area contributed by atoms with E-state index in [9.17, 15) is 13.2 Å². The van der Waals surface area contributed by atoms with Gasteiger partial charge in [-0.05, 0) is 18.4 Å². The van der Waals surface area contributed by atoms with Crippen molar-refractivity contribution < 1.29 is 17.9 Å². The second-order valence-electron chi connectivity index (χ2n) is 4.69. The molecule has 3 nitrogen and oxygen atoms in total. The van der Waals surface area contributed by atoms with Crippen molar-refractivity contribution in [1.82, 2.24) is 4.98 Å². The third-order valence-corrected chi connectivity index (χ3v) is 2.72. The fourth-order valence-electron chi connectivity index (χ4n) is 1.66. The van der Waals surface area contributed by atoms with Gasteiger partial charge in [0.05, 0.1) is 11.9 Å². The van der Waals surface area contributed by atoms with Crippen molar-refractivity contribution in [3.05, 3.63) is 18.3 Å². The quantitative estimate of drug-likeness (QED) is 0.856. The maximum absolute atomic E-state index is 12.0. The zero-order valence-electron chi connectivity index (χ0n) is 11.3. The van der Waals surface area contributed by atoms with Gasteiger partial charge in [-0.2, -0.15) is 13.2 Å². The van der Waals surface area contributed by atoms with Gasteiger partial charge in [-0.3, -0.25) is 0 Å². The predicted molar refractivity (Wildman–Crippen MR) is 68.3 cm³/mol. The lowest BCUT2D eigenvalue weighted by atomic mass is 10.0. The summed E-state index contributed by atoms with van der Waals surface area (Å²) in [5.74, 6) is 0.437. The van der Waals surface area contributed by atoms with Gasteiger partial charge >= 0.3 is 6.18 Å². The summed E-state index contributed by atoms with van der Waals surface area (Å²) in [6.45, 7) is 4.97. The molecule has 1 aromatic heterocycles. The Balaban J connectivity index is 2.56. The molecule has 1 unspecified atom stereocenters. The Labute approximate surface area is 111 Å². The number of rotatable bonds is 6. The molecule has 0 saturated carbocycles. The summed E-state index contributed by atoms with van der Waals surface area (Å²) in [5.41, 5.74) is 0.778. The van der Waals surface area contributed by atoms with Gasteiger partial charge < -0.3 is 10.1 Å². The molecule has 108 valence electrons. The highest BCUT2D eigenvalue weighted by molar-refractivity contribution is 5.43. The van der Waals surface area contributed by atoms with Gasteiger partial charge in [-0.1, -0.05) is 20.8 Å². The molecule has 1 rings (SSSR count). The van der Waals surface area contributed by atoms with Crippen molar-refractivity contribution in [3.8, 4) is 5.88 Å². The largest absolute Gasteiger partial charge is 0.468 e. The van der Waals surface area contributed by atoms with Crippen molar-refractivity contribution >= 4 is 5.69 Å². The monoisotopic (exact) mass is 276 g/mol. The lowest BCUT2D eigenvalue weighted by Crippen LogP contribution is -2.24. The highest BCUT2D eigenvalue weighted by Crippen LogP contribution is 2.19. The van der Waals surface area contributed by atoms with Crippen LogP contribution in [0.25, 0.3) is 0 Å². The van der Waals surface area contributed by atoms with Crippen LogP contribution in [0.4, 0.5) is 18.9 Å². The summed E-state index contributed by atoms with van der Waals surface area (Å²) in [6, 6.07) is 3.41. The SMILES string of the molecule is CCC(Nc1ccc(OCC(F)(F)F)nc1)C(C)C. The summed E-state index contributed by atoms with van der Waals surface area (Å²) in [6.07, 6.45) is -1.90. The Morgan fingerprint density at radius 2 is 2.00 bits per heavy atom. The number of anilines is 1. The zero-order chi connectivity index (χ0) is 14.5. The molecule has 0 aromatic carbocycles. The molecule has 0 aliphatic rings. The van der Waals surface area contributed by atoms with Gasteiger partial charge in [0, 0.05) is 12.1 Å². The molecule has 19 heavy (non-hydrogen) atoms. The van der Waals surface area contributed by atoms with Crippen molar-refractivity contribution in [2.75, 3.05) is 11.9 Å². The van der Waals surface area contributed by atoms with Crippen LogP contribution in [0.5, 0.6) is 5.88 Å². The molecule has 1 N–H and O–H groups in total. The topological polar surface area (TPSA) is 34.1 Å². The van der Waals surface area contributed by atoms with Gasteiger partial charge in [0.25, 0.3) is 0 Å². The van der Waals surface area contributed by atoms with E-state index in [-0.39, 0.29) is 5.88 Å². The van der Waals surface area contributed by atoms with Crippen LogP contribution in [0.1, 0.15) is 27.2 Å². The molecule has 1 aromatic rings. The predicted octanol–water partition coefficient (Wildman–Crippen LogP) is 3.87. The molecule has 1 heterocycles. The van der Waals surface area contributed by atoms with E-state index in [1.54, 1.807) is 6.07 Å². The van der Waals surface area contributed by atoms with Gasteiger partial charge in [0.1, 0.15) is 0 Å². The van der Waals surface area contributed by atoms with E-state index in [4.69, 9.17) is 0 Å². The first-order valence-electron chi connectivity index (χ1n) is 6.24. The van der Waals surface area contributed by atoms with Crippen LogP contribution in [-0.4, -0.2) is 23.8 Å². The van der Waals surface area contributed by atoms with Crippen molar-refractivity contribution in [2.24, 2.45) is 5.92 Å². The number of alkyl halides is 3. The van der Waals surface area contributed by atoms with E-state index in [2.05, 4.69) is 35.8 Å². The Bertz CT molecular complexity index is 376. The Morgan fingerprint density at radius 1 is 1.32 bits per heavy atom. The normalized spacial score (nSPS) is 13.4. The smallest absolute Gasteiger partial charge is 0.422 e. The molecule has 0 radical (unpaired) electrons. The highest BCUT2D eigenvalue weighted by atomic mass is 19.4. The van der Waals surface area contributed by atoms with Crippen LogP contribution in [0, 0.1) is 5.92 Å². The number of hydrogen-bond donors (Lipinski definition) is 1. The number of ether oxygens (including phenoxy) is 1. The molecule has 0 amide bonds. The first kappa shape index (κ1) is 15.6. The van der Waals surface area contributed by atoms with E-state index in [0.717, 1.165) is 12.1 Å². The highest BCUT2D eigenvalue weighted by Gasteiger charge is 2.28. The van der Waals surface area contributed by atoms with Crippen LogP contribution >= 0.6 is 0 Å². The van der Waals surface area contributed by atoms with Crippen LogP contribution in [0.15, 0.2) is 18.3 Å². The summed E-state index contributed by atoms with van der Waals surface area (Å²) >= 11 is 0. The fraction of sp³-hybridized carbons (Fsp3) is 0.615. The molecular weight excluding hydrogens is 257 g/mol. The van der Waals surface area contributed by atoms with E-state index in [0.29, 0.717) is 12.0 Å². The van der Waals surface area contributed by atoms with E-state index < -0.39 is 12.8 Å². The van der Waals surface area contributed by atoms with E-state index >= 15 is 0 Å². The molecule has 0 saturated heterocycles. The Hall–Kier alpha value is -1.46. The minimum absolute atomic E-state index is 0.0273. The minimum atomic E-state index is -4.34. The summed E-state index contributed by atoms with van der Waals surface area (Å²) in [5, 5.41) is 3.29. The number of nitrogens with one attached hydrogen (secondary N) is 1. The van der Waals surface area contributed by atoms with Crippen LogP contribution < -0.4 is 10.1 Å². The molecule has 0 spiro atoms. The number of hydrogen-bond acceptors (Lipinski definition) is 3. The summed E-state index contributed by atoms with van der Waals surface area (Å²) in [7, 11) is 0. The third-order valence-electron chi connectivity index (χ3n) is 2.72. The molecule has 0 aliphatic heterocycles. The van der Waals surface area contributed by atoms with Crippen LogP contribution in [0.2, 0.25) is 0 Å². The average Bonchev–Trinajstić information content (AvgIpc) is 2.33. The standard InChI is InChI=1S/C13H19F3N2O/c1-4-11(9(2)3)18-10-5-6-12(17-7-10)19-8-13(14,15)16/h5-7,9,11,18H,4,8H2,1-3H3. The average molecular weight is 276 g/mol. The molecular formula is C13H19F3N2O.